The Hall–Kier alpha value is -1.43. The third-order valence-corrected chi connectivity index (χ3v) is 7.25. The number of fused-ring (bicyclic) bond motifs is 1. The lowest BCUT2D eigenvalue weighted by Crippen LogP contribution is -2.37. The minimum atomic E-state index is 0.276. The van der Waals surface area contributed by atoms with E-state index in [1.165, 1.54) is 55.2 Å². The van der Waals surface area contributed by atoms with E-state index in [4.69, 9.17) is 10.1 Å². The molecule has 2 aliphatic carbocycles. The molecule has 0 amide bonds. The van der Waals surface area contributed by atoms with E-state index in [9.17, 15) is 0 Å². The molecular weight excluding hydrogens is 366 g/mol. The molecule has 1 aromatic heterocycles. The molecule has 0 aliphatic heterocycles. The number of rotatable bonds is 7. The van der Waals surface area contributed by atoms with Gasteiger partial charge >= 0.3 is 0 Å². The largest absolute Gasteiger partial charge is 0.396 e. The number of aliphatic hydroxyl groups is 1. The zero-order valence-electron chi connectivity index (χ0n) is 17.1. The summed E-state index contributed by atoms with van der Waals surface area (Å²) in [4.78, 5) is 4.88. The molecule has 0 spiro atoms. The fourth-order valence-electron chi connectivity index (χ4n) is 4.68. The predicted octanol–water partition coefficient (Wildman–Crippen LogP) is 4.73. The topological polar surface area (TPSA) is 57.2 Å². The molecule has 2 aromatic rings. The van der Waals surface area contributed by atoms with Crippen molar-refractivity contribution in [2.24, 2.45) is 0 Å². The van der Waals surface area contributed by atoms with Crippen molar-refractivity contribution >= 4 is 16.5 Å². The molecule has 1 fully saturated rings. The Labute approximate surface area is 172 Å². The highest BCUT2D eigenvalue weighted by Gasteiger charge is 2.29. The summed E-state index contributed by atoms with van der Waals surface area (Å²) in [5, 5.41) is 19.4. The van der Waals surface area contributed by atoms with Crippen molar-refractivity contribution < 1.29 is 5.11 Å². The molecule has 0 atom stereocenters. The molecule has 1 heterocycles. The summed E-state index contributed by atoms with van der Waals surface area (Å²) in [7, 11) is 0. The van der Waals surface area contributed by atoms with Gasteiger partial charge in [-0.15, -0.1) is 11.3 Å². The second-order valence-electron chi connectivity index (χ2n) is 9.02. The number of aliphatic hydroxyl groups excluding tert-OH is 1. The Bertz CT molecular complexity index is 793. The van der Waals surface area contributed by atoms with Crippen molar-refractivity contribution in [3.05, 3.63) is 34.7 Å². The van der Waals surface area contributed by atoms with Crippen LogP contribution in [0.3, 0.4) is 0 Å². The van der Waals surface area contributed by atoms with Gasteiger partial charge in [-0.25, -0.2) is 4.98 Å². The van der Waals surface area contributed by atoms with Crippen LogP contribution in [0.1, 0.15) is 63.5 Å². The third-order valence-electron chi connectivity index (χ3n) is 6.48. The lowest BCUT2D eigenvalue weighted by molar-refractivity contribution is 0.276. The summed E-state index contributed by atoms with van der Waals surface area (Å²) in [6.07, 6.45) is 8.03. The van der Waals surface area contributed by atoms with Crippen LogP contribution in [0.25, 0.3) is 11.3 Å². The molecule has 1 saturated carbocycles. The van der Waals surface area contributed by atoms with Gasteiger partial charge in [0.05, 0.1) is 5.69 Å². The van der Waals surface area contributed by atoms with Crippen LogP contribution in [0, 0.1) is 0 Å². The van der Waals surface area contributed by atoms with Crippen LogP contribution in [0.2, 0.25) is 0 Å². The van der Waals surface area contributed by atoms with E-state index >= 15 is 0 Å². The van der Waals surface area contributed by atoms with Crippen LogP contribution in [-0.2, 0) is 11.8 Å². The summed E-state index contributed by atoms with van der Waals surface area (Å²) in [5.74, 6) is 0. The van der Waals surface area contributed by atoms with Gasteiger partial charge in [0.25, 0.3) is 0 Å². The summed E-state index contributed by atoms with van der Waals surface area (Å²) in [6.45, 7) is 5.89. The van der Waals surface area contributed by atoms with Gasteiger partial charge in [0.1, 0.15) is 0 Å². The van der Waals surface area contributed by atoms with Crippen molar-refractivity contribution in [2.75, 3.05) is 18.5 Å². The first-order valence-corrected chi connectivity index (χ1v) is 11.6. The average Bonchev–Trinajstić information content (AvgIpc) is 3.28. The highest BCUT2D eigenvalue weighted by molar-refractivity contribution is 7.14. The molecule has 28 heavy (non-hydrogen) atoms. The number of hydrogen-bond acceptors (Lipinski definition) is 5. The number of aromatic nitrogens is 1. The fraction of sp³-hybridized carbons (Fsp3) is 0.609. The Morgan fingerprint density at radius 1 is 1.18 bits per heavy atom. The fourth-order valence-corrected chi connectivity index (χ4v) is 5.47. The maximum atomic E-state index is 8.90. The lowest BCUT2D eigenvalue weighted by atomic mass is 9.86. The van der Waals surface area contributed by atoms with Crippen LogP contribution in [0.5, 0.6) is 0 Å². The summed E-state index contributed by atoms with van der Waals surface area (Å²) in [6, 6.07) is 8.04. The monoisotopic (exact) mass is 399 g/mol. The van der Waals surface area contributed by atoms with E-state index in [2.05, 4.69) is 48.1 Å². The molecule has 4 nitrogen and oxygen atoms in total. The van der Waals surface area contributed by atoms with Crippen molar-refractivity contribution in [3.63, 3.8) is 0 Å². The molecule has 4 rings (SSSR count). The van der Waals surface area contributed by atoms with Crippen molar-refractivity contribution in [1.29, 1.82) is 0 Å². The van der Waals surface area contributed by atoms with Crippen LogP contribution in [-0.4, -0.2) is 35.3 Å². The number of hydrogen-bond donors (Lipinski definition) is 3. The number of thiazole rings is 1. The Kier molecular flexibility index (Phi) is 6.04. The molecule has 2 aliphatic rings. The number of benzene rings is 1. The van der Waals surface area contributed by atoms with E-state index in [0.717, 1.165) is 23.8 Å². The molecule has 0 radical (unpaired) electrons. The van der Waals surface area contributed by atoms with Crippen molar-refractivity contribution in [1.82, 2.24) is 10.3 Å². The van der Waals surface area contributed by atoms with Gasteiger partial charge < -0.3 is 15.7 Å². The Balaban J connectivity index is 1.33. The number of aryl methyl sites for hydroxylation is 1. The summed E-state index contributed by atoms with van der Waals surface area (Å²) in [5.41, 5.74) is 5.66. The van der Waals surface area contributed by atoms with E-state index in [1.807, 2.05) is 0 Å². The summed E-state index contributed by atoms with van der Waals surface area (Å²) < 4.78 is 0. The highest BCUT2D eigenvalue weighted by Crippen LogP contribution is 2.40. The van der Waals surface area contributed by atoms with E-state index < -0.39 is 0 Å². The quantitative estimate of drug-likeness (QED) is 0.589. The zero-order valence-corrected chi connectivity index (χ0v) is 17.9. The second kappa shape index (κ2) is 8.52. The average molecular weight is 400 g/mol. The standard InChI is InChI=1S/C23H33N3OS/c1-23(2)11-10-16-14-17(4-9-20(16)23)21-15-28-22(26-21)25-19-7-5-18(6-8-19)24-12-3-13-27/h4,9,14-15,18-19,24,27H,3,5-8,10-13H2,1-2H3,(H,25,26). The van der Waals surface area contributed by atoms with Gasteiger partial charge in [-0.2, -0.15) is 0 Å². The van der Waals surface area contributed by atoms with Gasteiger partial charge in [0, 0.05) is 29.6 Å². The van der Waals surface area contributed by atoms with Gasteiger partial charge in [0.2, 0.25) is 0 Å². The smallest absolute Gasteiger partial charge is 0.183 e. The van der Waals surface area contributed by atoms with Gasteiger partial charge in [-0.05, 0) is 74.1 Å². The first kappa shape index (κ1) is 19.9. The molecule has 0 bridgehead atoms. The molecule has 3 N–H and O–H groups in total. The van der Waals surface area contributed by atoms with Gasteiger partial charge in [0.15, 0.2) is 5.13 Å². The molecule has 0 saturated heterocycles. The van der Waals surface area contributed by atoms with E-state index in [0.29, 0.717) is 17.5 Å². The minimum absolute atomic E-state index is 0.276. The first-order valence-electron chi connectivity index (χ1n) is 10.8. The zero-order chi connectivity index (χ0) is 19.6. The lowest BCUT2D eigenvalue weighted by Gasteiger charge is -2.29. The third kappa shape index (κ3) is 4.42. The summed E-state index contributed by atoms with van der Waals surface area (Å²) >= 11 is 1.72. The SMILES string of the molecule is CC1(C)CCc2cc(-c3csc(NC4CCC(NCCCO)CC4)n3)ccc21. The van der Waals surface area contributed by atoms with Crippen molar-refractivity contribution in [3.8, 4) is 11.3 Å². The normalized spacial score (nSPS) is 23.5. The number of nitrogens with one attached hydrogen (secondary N) is 2. The Morgan fingerprint density at radius 3 is 2.75 bits per heavy atom. The van der Waals surface area contributed by atoms with Gasteiger partial charge in [-0.3, -0.25) is 0 Å². The minimum Gasteiger partial charge on any atom is -0.396 e. The molecule has 1 aromatic carbocycles. The van der Waals surface area contributed by atoms with Crippen LogP contribution >= 0.6 is 11.3 Å². The predicted molar refractivity (Wildman–Crippen MR) is 118 cm³/mol. The molecule has 5 heteroatoms. The maximum absolute atomic E-state index is 8.90. The van der Waals surface area contributed by atoms with E-state index in [-0.39, 0.29) is 6.61 Å². The first-order chi connectivity index (χ1) is 13.5. The molecular formula is C23H33N3OS. The highest BCUT2D eigenvalue weighted by atomic mass is 32.1. The maximum Gasteiger partial charge on any atom is 0.183 e. The molecule has 0 unspecified atom stereocenters. The van der Waals surface area contributed by atoms with E-state index in [1.54, 1.807) is 11.3 Å². The van der Waals surface area contributed by atoms with Crippen molar-refractivity contribution in [2.45, 2.75) is 76.3 Å². The second-order valence-corrected chi connectivity index (χ2v) is 9.88. The molecule has 152 valence electrons. The van der Waals surface area contributed by atoms with Crippen LogP contribution < -0.4 is 10.6 Å². The number of anilines is 1. The van der Waals surface area contributed by atoms with Crippen LogP contribution in [0.15, 0.2) is 23.6 Å². The Morgan fingerprint density at radius 2 is 1.96 bits per heavy atom. The number of nitrogens with zero attached hydrogens (tertiary/aromatic N) is 1. The van der Waals surface area contributed by atoms with Crippen LogP contribution in [0.4, 0.5) is 5.13 Å². The van der Waals surface area contributed by atoms with Gasteiger partial charge in [-0.1, -0.05) is 26.0 Å².